The van der Waals surface area contributed by atoms with E-state index in [1.807, 2.05) is 77.7 Å². The SMILES string of the molecule is CC(C)(C)OC(=O)CN1Cc2ccccc2N(C(=O)c2ccc(NC(=O)c3ccccc3-c3ccccc3)cc2Cl)C[C@H]1CO. The van der Waals surface area contributed by atoms with Gasteiger partial charge in [0.05, 0.1) is 29.8 Å². The molecular weight excluding hydrogens is 590 g/mol. The molecule has 9 heteroatoms. The Balaban J connectivity index is 1.38. The molecular formula is C36H36ClN3O5. The first-order valence-electron chi connectivity index (χ1n) is 14.8. The molecule has 8 nitrogen and oxygen atoms in total. The van der Waals surface area contributed by atoms with Crippen molar-refractivity contribution in [2.75, 3.05) is 29.9 Å². The Bertz CT molecular complexity index is 1700. The molecule has 0 aromatic heterocycles. The minimum Gasteiger partial charge on any atom is -0.459 e. The van der Waals surface area contributed by atoms with E-state index in [1.54, 1.807) is 49.9 Å². The van der Waals surface area contributed by atoms with Crippen LogP contribution in [0.5, 0.6) is 0 Å². The first kappa shape index (κ1) is 31.9. The molecule has 0 spiro atoms. The second kappa shape index (κ2) is 13.6. The largest absolute Gasteiger partial charge is 0.459 e. The Hall–Kier alpha value is -4.50. The molecule has 2 amide bonds. The minimum atomic E-state index is -0.648. The van der Waals surface area contributed by atoms with Crippen LogP contribution in [0.2, 0.25) is 5.02 Å². The van der Waals surface area contributed by atoms with Gasteiger partial charge in [-0.25, -0.2) is 0 Å². The van der Waals surface area contributed by atoms with Crippen LogP contribution in [0.4, 0.5) is 11.4 Å². The lowest BCUT2D eigenvalue weighted by Gasteiger charge is -2.31. The molecule has 0 saturated heterocycles. The summed E-state index contributed by atoms with van der Waals surface area (Å²) in [5.41, 5.74) is 3.75. The summed E-state index contributed by atoms with van der Waals surface area (Å²) in [6.07, 6.45) is 0. The van der Waals surface area contributed by atoms with E-state index in [9.17, 15) is 19.5 Å². The molecule has 5 rings (SSSR count). The van der Waals surface area contributed by atoms with Gasteiger partial charge in [-0.3, -0.25) is 19.3 Å². The summed E-state index contributed by atoms with van der Waals surface area (Å²) in [5.74, 6) is -1.08. The van der Waals surface area contributed by atoms with Gasteiger partial charge in [0.15, 0.2) is 0 Å². The number of nitrogens with zero attached hydrogens (tertiary/aromatic N) is 2. The number of carbonyl (C=O) groups is 3. The number of benzene rings is 4. The fraction of sp³-hybridized carbons (Fsp3) is 0.250. The molecule has 1 heterocycles. The van der Waals surface area contributed by atoms with Crippen molar-refractivity contribution in [2.45, 2.75) is 39.0 Å². The molecule has 1 aliphatic rings. The van der Waals surface area contributed by atoms with Crippen molar-refractivity contribution in [3.05, 3.63) is 119 Å². The van der Waals surface area contributed by atoms with Gasteiger partial charge in [-0.1, -0.05) is 78.3 Å². The number of halogens is 1. The quantitative estimate of drug-likeness (QED) is 0.230. The monoisotopic (exact) mass is 625 g/mol. The summed E-state index contributed by atoms with van der Waals surface area (Å²) in [5, 5.41) is 13.4. The topological polar surface area (TPSA) is 99.2 Å². The number of carbonyl (C=O) groups excluding carboxylic acids is 3. The third-order valence-electron chi connectivity index (χ3n) is 7.49. The number of ether oxygens (including phenoxy) is 1. The predicted molar refractivity (Wildman–Crippen MR) is 177 cm³/mol. The van der Waals surface area contributed by atoms with Crippen molar-refractivity contribution in [3.8, 4) is 11.1 Å². The van der Waals surface area contributed by atoms with Crippen LogP contribution in [-0.4, -0.2) is 59.1 Å². The predicted octanol–water partition coefficient (Wildman–Crippen LogP) is 6.42. The highest BCUT2D eigenvalue weighted by molar-refractivity contribution is 6.35. The molecule has 232 valence electrons. The maximum absolute atomic E-state index is 14.0. The molecule has 1 aliphatic heterocycles. The average molecular weight is 626 g/mol. The van der Waals surface area contributed by atoms with Crippen molar-refractivity contribution < 1.29 is 24.2 Å². The van der Waals surface area contributed by atoms with Crippen LogP contribution in [0.3, 0.4) is 0 Å². The zero-order chi connectivity index (χ0) is 32.1. The normalized spacial score (nSPS) is 15.1. The smallest absolute Gasteiger partial charge is 0.320 e. The van der Waals surface area contributed by atoms with Crippen molar-refractivity contribution in [1.82, 2.24) is 4.90 Å². The second-order valence-corrected chi connectivity index (χ2v) is 12.3. The summed E-state index contributed by atoms with van der Waals surface area (Å²) in [7, 11) is 0. The molecule has 0 radical (unpaired) electrons. The number of anilines is 2. The average Bonchev–Trinajstić information content (AvgIpc) is 3.16. The van der Waals surface area contributed by atoms with E-state index in [1.165, 1.54) is 0 Å². The van der Waals surface area contributed by atoms with Crippen molar-refractivity contribution in [1.29, 1.82) is 0 Å². The van der Waals surface area contributed by atoms with Gasteiger partial charge in [0.1, 0.15) is 5.60 Å². The van der Waals surface area contributed by atoms with Crippen molar-refractivity contribution in [2.24, 2.45) is 0 Å². The van der Waals surface area contributed by atoms with Crippen molar-refractivity contribution in [3.63, 3.8) is 0 Å². The number of rotatable bonds is 7. The highest BCUT2D eigenvalue weighted by Gasteiger charge is 2.33. The first-order chi connectivity index (χ1) is 21.5. The number of hydrogen-bond donors (Lipinski definition) is 2. The summed E-state index contributed by atoms with van der Waals surface area (Å²) in [6, 6.07) is 28.7. The Labute approximate surface area is 268 Å². The van der Waals surface area contributed by atoms with Gasteiger partial charge >= 0.3 is 5.97 Å². The number of para-hydroxylation sites is 1. The van der Waals surface area contributed by atoms with E-state index in [-0.39, 0.29) is 42.1 Å². The van der Waals surface area contributed by atoms with Crippen LogP contribution in [0, 0.1) is 0 Å². The van der Waals surface area contributed by atoms with Crippen LogP contribution in [0.15, 0.2) is 97.1 Å². The number of aliphatic hydroxyl groups is 1. The first-order valence-corrected chi connectivity index (χ1v) is 15.1. The molecule has 45 heavy (non-hydrogen) atoms. The second-order valence-electron chi connectivity index (χ2n) is 11.9. The van der Waals surface area contributed by atoms with Gasteiger partial charge in [0.2, 0.25) is 0 Å². The van der Waals surface area contributed by atoms with E-state index < -0.39 is 17.6 Å². The lowest BCUT2D eigenvalue weighted by atomic mass is 9.99. The van der Waals surface area contributed by atoms with Gasteiger partial charge in [-0.15, -0.1) is 0 Å². The fourth-order valence-corrected chi connectivity index (χ4v) is 5.69. The maximum Gasteiger partial charge on any atom is 0.320 e. The van der Waals surface area contributed by atoms with E-state index in [2.05, 4.69) is 5.32 Å². The van der Waals surface area contributed by atoms with Crippen LogP contribution >= 0.6 is 11.6 Å². The number of nitrogens with one attached hydrogen (secondary N) is 1. The third kappa shape index (κ3) is 7.60. The Morgan fingerprint density at radius 3 is 2.31 bits per heavy atom. The number of hydrogen-bond acceptors (Lipinski definition) is 6. The third-order valence-corrected chi connectivity index (χ3v) is 7.80. The molecule has 0 aliphatic carbocycles. The van der Waals surface area contributed by atoms with Gasteiger partial charge in [0.25, 0.3) is 11.8 Å². The lowest BCUT2D eigenvalue weighted by molar-refractivity contribution is -0.157. The fourth-order valence-electron chi connectivity index (χ4n) is 5.43. The van der Waals surface area contributed by atoms with Gasteiger partial charge in [0, 0.05) is 30.0 Å². The summed E-state index contributed by atoms with van der Waals surface area (Å²) < 4.78 is 5.53. The van der Waals surface area contributed by atoms with Crippen LogP contribution in [0.1, 0.15) is 47.1 Å². The van der Waals surface area contributed by atoms with Crippen molar-refractivity contribution >= 4 is 40.8 Å². The highest BCUT2D eigenvalue weighted by Crippen LogP contribution is 2.32. The Morgan fingerprint density at radius 2 is 1.60 bits per heavy atom. The Kier molecular flexibility index (Phi) is 9.68. The lowest BCUT2D eigenvalue weighted by Crippen LogP contribution is -2.48. The van der Waals surface area contributed by atoms with E-state index in [4.69, 9.17) is 16.3 Å². The zero-order valence-electron chi connectivity index (χ0n) is 25.5. The molecule has 0 unspecified atom stereocenters. The van der Waals surface area contributed by atoms with E-state index in [0.29, 0.717) is 23.5 Å². The molecule has 0 bridgehead atoms. The minimum absolute atomic E-state index is 0.0403. The number of esters is 1. The highest BCUT2D eigenvalue weighted by atomic mass is 35.5. The summed E-state index contributed by atoms with van der Waals surface area (Å²) in [6.45, 7) is 5.56. The molecule has 2 N–H and O–H groups in total. The van der Waals surface area contributed by atoms with Crippen LogP contribution in [-0.2, 0) is 16.1 Å². The zero-order valence-corrected chi connectivity index (χ0v) is 26.3. The van der Waals surface area contributed by atoms with Crippen LogP contribution < -0.4 is 10.2 Å². The summed E-state index contributed by atoms with van der Waals surface area (Å²) in [4.78, 5) is 43.5. The summed E-state index contributed by atoms with van der Waals surface area (Å²) >= 11 is 6.68. The molecule has 0 fully saturated rings. The maximum atomic E-state index is 14.0. The van der Waals surface area contributed by atoms with Gasteiger partial charge < -0.3 is 20.1 Å². The number of aliphatic hydroxyl groups excluding tert-OH is 1. The molecule has 4 aromatic carbocycles. The van der Waals surface area contributed by atoms with E-state index in [0.717, 1.165) is 16.7 Å². The number of fused-ring (bicyclic) bond motifs is 1. The van der Waals surface area contributed by atoms with Gasteiger partial charge in [-0.2, -0.15) is 0 Å². The Morgan fingerprint density at radius 1 is 0.911 bits per heavy atom. The van der Waals surface area contributed by atoms with Crippen LogP contribution in [0.25, 0.3) is 11.1 Å². The molecule has 4 aromatic rings. The molecule has 0 saturated carbocycles. The standard InChI is InChI=1S/C36H36ClN3O5/c1-36(2,3)45-33(42)22-39-20-25-13-7-10-16-32(25)40(21-27(39)23-41)35(44)30-18-17-26(19-31(30)37)38-34(43)29-15-9-8-14-28(29)24-11-5-4-6-12-24/h4-19,27,41H,20-23H2,1-3H3,(H,38,43)/t27-/m0/s1. The van der Waals surface area contributed by atoms with Gasteiger partial charge in [-0.05, 0) is 67.8 Å². The number of amides is 2. The molecule has 1 atom stereocenters. The van der Waals surface area contributed by atoms with E-state index >= 15 is 0 Å².